The van der Waals surface area contributed by atoms with Crippen molar-refractivity contribution in [2.24, 2.45) is 5.92 Å². The molecular formula is C19H25NO6. The van der Waals surface area contributed by atoms with E-state index in [4.69, 9.17) is 14.2 Å². The summed E-state index contributed by atoms with van der Waals surface area (Å²) >= 11 is 0. The van der Waals surface area contributed by atoms with E-state index in [9.17, 15) is 14.7 Å². The molecule has 7 heteroatoms. The number of hydrogen-bond donors (Lipinski definition) is 1. The van der Waals surface area contributed by atoms with Gasteiger partial charge in [0.1, 0.15) is 5.75 Å². The van der Waals surface area contributed by atoms with E-state index in [1.54, 1.807) is 17.0 Å². The Kier molecular flexibility index (Phi) is 6.11. The summed E-state index contributed by atoms with van der Waals surface area (Å²) in [6.45, 7) is 1.52. The third-order valence-electron chi connectivity index (χ3n) is 4.98. The van der Waals surface area contributed by atoms with Crippen molar-refractivity contribution in [2.75, 3.05) is 40.1 Å². The van der Waals surface area contributed by atoms with Crippen LogP contribution in [0.5, 0.6) is 5.75 Å². The van der Waals surface area contributed by atoms with E-state index in [1.807, 2.05) is 0 Å². The maximum Gasteiger partial charge on any atom is 0.338 e. The van der Waals surface area contributed by atoms with Crippen molar-refractivity contribution in [3.05, 3.63) is 29.3 Å². The van der Waals surface area contributed by atoms with Crippen LogP contribution in [-0.2, 0) is 9.47 Å². The van der Waals surface area contributed by atoms with E-state index >= 15 is 0 Å². The van der Waals surface area contributed by atoms with Gasteiger partial charge < -0.3 is 24.2 Å². The molecule has 1 aromatic rings. The van der Waals surface area contributed by atoms with Gasteiger partial charge in [0.25, 0.3) is 5.91 Å². The number of rotatable bonds is 6. The van der Waals surface area contributed by atoms with Crippen molar-refractivity contribution < 1.29 is 28.9 Å². The molecule has 1 unspecified atom stereocenters. The molecule has 2 fully saturated rings. The Balaban J connectivity index is 1.83. The third-order valence-corrected chi connectivity index (χ3v) is 4.98. The first-order chi connectivity index (χ1) is 12.6. The topological polar surface area (TPSA) is 85.3 Å². The highest BCUT2D eigenvalue weighted by Gasteiger charge is 2.28. The van der Waals surface area contributed by atoms with Crippen molar-refractivity contribution in [1.82, 2.24) is 4.90 Å². The summed E-state index contributed by atoms with van der Waals surface area (Å²) in [5.74, 6) is 0.242. The second-order valence-corrected chi connectivity index (χ2v) is 6.76. The second-order valence-electron chi connectivity index (χ2n) is 6.76. The fraction of sp³-hybridized carbons (Fsp3) is 0.579. The molecule has 0 aromatic heterocycles. The number of nitrogens with zero attached hydrogens (tertiary/aromatic N) is 1. The Morgan fingerprint density at radius 2 is 2.04 bits per heavy atom. The minimum absolute atomic E-state index is 0.173. The van der Waals surface area contributed by atoms with E-state index in [0.717, 1.165) is 12.8 Å². The number of methoxy groups -OCH3 is 1. The zero-order chi connectivity index (χ0) is 18.5. The lowest BCUT2D eigenvalue weighted by atomic mass is 9.86. The Bertz CT molecular complexity index is 657. The summed E-state index contributed by atoms with van der Waals surface area (Å²) in [7, 11) is 1.30. The van der Waals surface area contributed by atoms with Crippen molar-refractivity contribution in [1.29, 1.82) is 0 Å². The van der Waals surface area contributed by atoms with Crippen LogP contribution in [0.15, 0.2) is 18.2 Å². The monoisotopic (exact) mass is 363 g/mol. The van der Waals surface area contributed by atoms with Crippen molar-refractivity contribution in [3.63, 3.8) is 0 Å². The van der Waals surface area contributed by atoms with Crippen LogP contribution in [0.1, 0.15) is 40.0 Å². The van der Waals surface area contributed by atoms with Crippen molar-refractivity contribution in [2.45, 2.75) is 25.3 Å². The molecule has 1 atom stereocenters. The van der Waals surface area contributed by atoms with Crippen LogP contribution in [0.2, 0.25) is 0 Å². The first-order valence-corrected chi connectivity index (χ1v) is 8.98. The fourth-order valence-corrected chi connectivity index (χ4v) is 3.15. The first-order valence-electron chi connectivity index (χ1n) is 8.98. The second kappa shape index (κ2) is 8.51. The molecule has 2 aliphatic rings. The van der Waals surface area contributed by atoms with E-state index < -0.39 is 12.0 Å². The summed E-state index contributed by atoms with van der Waals surface area (Å²) in [5.41, 5.74) is 0.618. The fourth-order valence-electron chi connectivity index (χ4n) is 3.15. The first kappa shape index (κ1) is 18.7. The zero-order valence-electron chi connectivity index (χ0n) is 15.0. The van der Waals surface area contributed by atoms with Crippen LogP contribution in [0, 0.1) is 5.92 Å². The molecule has 0 bridgehead atoms. The molecule has 1 saturated carbocycles. The number of benzene rings is 1. The van der Waals surface area contributed by atoms with Crippen LogP contribution in [-0.4, -0.2) is 68.0 Å². The van der Waals surface area contributed by atoms with Gasteiger partial charge in [-0.2, -0.15) is 0 Å². The lowest BCUT2D eigenvalue weighted by Crippen LogP contribution is -2.50. The normalized spacial score (nSPS) is 20.4. The molecule has 1 aliphatic heterocycles. The number of aliphatic hydroxyl groups excluding tert-OH is 1. The highest BCUT2D eigenvalue weighted by Crippen LogP contribution is 2.28. The predicted octanol–water partition coefficient (Wildman–Crippen LogP) is 1.49. The van der Waals surface area contributed by atoms with Crippen LogP contribution in [0.25, 0.3) is 0 Å². The lowest BCUT2D eigenvalue weighted by Gasteiger charge is -2.34. The molecule has 1 saturated heterocycles. The number of morpholine rings is 1. The number of carbonyl (C=O) groups is 2. The van der Waals surface area contributed by atoms with Gasteiger partial charge in [0, 0.05) is 12.1 Å². The molecule has 0 spiro atoms. The standard InChI is InChI=1S/C19H25NO6/c1-24-19(23)15-7-14(8-17(9-15)26-11-13-3-2-4-13)18(22)20-5-6-25-12-16(20)10-21/h7-9,13,16,21H,2-6,10-12H2,1H3. The maximum absolute atomic E-state index is 12.9. The van der Waals surface area contributed by atoms with Crippen LogP contribution < -0.4 is 4.74 Å². The van der Waals surface area contributed by atoms with E-state index in [-0.39, 0.29) is 18.1 Å². The molecule has 1 aliphatic carbocycles. The Morgan fingerprint density at radius 3 is 2.69 bits per heavy atom. The van der Waals surface area contributed by atoms with Gasteiger partial charge in [0.05, 0.1) is 45.1 Å². The molecule has 1 heterocycles. The minimum Gasteiger partial charge on any atom is -0.493 e. The average molecular weight is 363 g/mol. The predicted molar refractivity (Wildman–Crippen MR) is 93.3 cm³/mol. The van der Waals surface area contributed by atoms with Crippen LogP contribution in [0.3, 0.4) is 0 Å². The van der Waals surface area contributed by atoms with Crippen LogP contribution in [0.4, 0.5) is 0 Å². The Labute approximate surface area is 152 Å². The smallest absolute Gasteiger partial charge is 0.338 e. The number of ether oxygens (including phenoxy) is 3. The van der Waals surface area contributed by atoms with Gasteiger partial charge in [-0.3, -0.25) is 4.79 Å². The number of aliphatic hydroxyl groups is 1. The number of amides is 1. The van der Waals surface area contributed by atoms with Crippen molar-refractivity contribution >= 4 is 11.9 Å². The van der Waals surface area contributed by atoms with Gasteiger partial charge in [-0.1, -0.05) is 6.42 Å². The van der Waals surface area contributed by atoms with E-state index in [0.29, 0.717) is 43.6 Å². The number of carbonyl (C=O) groups excluding carboxylic acids is 2. The molecule has 1 amide bonds. The lowest BCUT2D eigenvalue weighted by molar-refractivity contribution is -0.0184. The van der Waals surface area contributed by atoms with Gasteiger partial charge in [-0.05, 0) is 37.0 Å². The molecule has 7 nitrogen and oxygen atoms in total. The average Bonchev–Trinajstić information content (AvgIpc) is 2.65. The SMILES string of the molecule is COC(=O)c1cc(OCC2CCC2)cc(C(=O)N2CCOCC2CO)c1. The highest BCUT2D eigenvalue weighted by atomic mass is 16.5. The molecule has 0 radical (unpaired) electrons. The molecule has 142 valence electrons. The maximum atomic E-state index is 12.9. The summed E-state index contributed by atoms with van der Waals surface area (Å²) < 4.78 is 15.9. The molecule has 1 aromatic carbocycles. The van der Waals surface area contributed by atoms with E-state index in [2.05, 4.69) is 0 Å². The van der Waals surface area contributed by atoms with E-state index in [1.165, 1.54) is 19.6 Å². The molecular weight excluding hydrogens is 338 g/mol. The third kappa shape index (κ3) is 4.16. The molecule has 3 rings (SSSR count). The molecule has 1 N–H and O–H groups in total. The largest absolute Gasteiger partial charge is 0.493 e. The number of esters is 1. The van der Waals surface area contributed by atoms with Gasteiger partial charge in [-0.15, -0.1) is 0 Å². The molecule has 26 heavy (non-hydrogen) atoms. The summed E-state index contributed by atoms with van der Waals surface area (Å²) in [5, 5.41) is 9.50. The summed E-state index contributed by atoms with van der Waals surface area (Å²) in [6, 6.07) is 4.37. The van der Waals surface area contributed by atoms with Crippen LogP contribution >= 0.6 is 0 Å². The summed E-state index contributed by atoms with van der Waals surface area (Å²) in [6.07, 6.45) is 3.52. The van der Waals surface area contributed by atoms with Crippen molar-refractivity contribution in [3.8, 4) is 5.75 Å². The quantitative estimate of drug-likeness (QED) is 0.771. The Hall–Kier alpha value is -2.12. The van der Waals surface area contributed by atoms with Gasteiger partial charge in [0.2, 0.25) is 0 Å². The van der Waals surface area contributed by atoms with Gasteiger partial charge >= 0.3 is 5.97 Å². The highest BCUT2D eigenvalue weighted by molar-refractivity contribution is 5.98. The Morgan fingerprint density at radius 1 is 1.27 bits per heavy atom. The summed E-state index contributed by atoms with van der Waals surface area (Å²) in [4.78, 5) is 26.5. The van der Waals surface area contributed by atoms with Gasteiger partial charge in [-0.25, -0.2) is 4.79 Å². The van der Waals surface area contributed by atoms with Gasteiger partial charge in [0.15, 0.2) is 0 Å². The number of hydrogen-bond acceptors (Lipinski definition) is 6. The minimum atomic E-state index is -0.520. The zero-order valence-corrected chi connectivity index (χ0v) is 15.0.